The zero-order chi connectivity index (χ0) is 16.9. The van der Waals surface area contributed by atoms with Crippen LogP contribution in [0.2, 0.25) is 0 Å². The van der Waals surface area contributed by atoms with E-state index in [1.165, 1.54) is 0 Å². The van der Waals surface area contributed by atoms with Crippen molar-refractivity contribution >= 4 is 27.8 Å². The zero-order valence-electron chi connectivity index (χ0n) is 13.7. The lowest BCUT2D eigenvalue weighted by Gasteiger charge is -2.09. The molecule has 3 aromatic rings. The lowest BCUT2D eigenvalue weighted by molar-refractivity contribution is 0.158. The molecule has 0 aliphatic heterocycles. The molecule has 0 atom stereocenters. The summed E-state index contributed by atoms with van der Waals surface area (Å²) in [6, 6.07) is 7.96. The number of para-hydroxylation sites is 1. The molecule has 0 bridgehead atoms. The minimum Gasteiger partial charge on any atom is -0.382 e. The minimum atomic E-state index is 0.421. The fraction of sp³-hybridized carbons (Fsp3) is 0.263. The molecule has 0 amide bonds. The average Bonchev–Trinajstić information content (AvgIpc) is 2.92. The number of imidazole rings is 1. The van der Waals surface area contributed by atoms with E-state index in [-0.39, 0.29) is 0 Å². The van der Waals surface area contributed by atoms with Crippen molar-refractivity contribution in [2.75, 3.05) is 18.9 Å². The highest BCUT2D eigenvalue weighted by molar-refractivity contribution is 6.06. The fourth-order valence-corrected chi connectivity index (χ4v) is 2.72. The number of anilines is 1. The van der Waals surface area contributed by atoms with Gasteiger partial charge in [-0.15, -0.1) is 6.58 Å². The quantitative estimate of drug-likeness (QED) is 0.446. The number of hydrogen-bond donors (Lipinski definition) is 1. The van der Waals surface area contributed by atoms with Crippen molar-refractivity contribution in [3.05, 3.63) is 42.7 Å². The van der Waals surface area contributed by atoms with E-state index in [1.807, 2.05) is 31.2 Å². The second-order valence-electron chi connectivity index (χ2n) is 5.42. The van der Waals surface area contributed by atoms with Crippen LogP contribution in [0.1, 0.15) is 12.2 Å². The van der Waals surface area contributed by atoms with Crippen LogP contribution in [0.15, 0.2) is 36.9 Å². The summed E-state index contributed by atoms with van der Waals surface area (Å²) in [4.78, 5) is 9.02. The van der Waals surface area contributed by atoms with Gasteiger partial charge in [-0.3, -0.25) is 0 Å². The first-order valence-corrected chi connectivity index (χ1v) is 7.87. The van der Waals surface area contributed by atoms with E-state index in [1.54, 1.807) is 6.08 Å². The molecule has 5 nitrogen and oxygen atoms in total. The van der Waals surface area contributed by atoms with Gasteiger partial charge in [-0.1, -0.05) is 36.1 Å². The molecule has 1 aromatic carbocycles. The number of benzene rings is 1. The molecule has 2 N–H and O–H groups in total. The molecule has 2 heterocycles. The third kappa shape index (κ3) is 3.10. The SMILES string of the molecule is C=CCC#CCOCCn1c(C)nc2c(N)nc3ccccc3c21. The number of nitrogens with two attached hydrogens (primary N) is 1. The summed E-state index contributed by atoms with van der Waals surface area (Å²) in [5, 5.41) is 1.05. The number of hydrogen-bond acceptors (Lipinski definition) is 4. The van der Waals surface area contributed by atoms with Crippen molar-refractivity contribution in [2.45, 2.75) is 19.9 Å². The summed E-state index contributed by atoms with van der Waals surface area (Å²) >= 11 is 0. The van der Waals surface area contributed by atoms with Crippen LogP contribution in [0, 0.1) is 18.8 Å². The first-order chi connectivity index (χ1) is 11.7. The van der Waals surface area contributed by atoms with Crippen molar-refractivity contribution in [3.8, 4) is 11.8 Å². The molecular weight excluding hydrogens is 300 g/mol. The van der Waals surface area contributed by atoms with Crippen LogP contribution in [0.3, 0.4) is 0 Å². The third-order valence-electron chi connectivity index (χ3n) is 3.81. The zero-order valence-corrected chi connectivity index (χ0v) is 13.7. The van der Waals surface area contributed by atoms with Crippen LogP contribution >= 0.6 is 0 Å². The molecule has 122 valence electrons. The Bertz CT molecular complexity index is 947. The number of rotatable bonds is 5. The first kappa shape index (κ1) is 16.0. The Labute approximate surface area is 141 Å². The maximum Gasteiger partial charge on any atom is 0.152 e. The molecule has 0 aliphatic rings. The number of aryl methyl sites for hydroxylation is 1. The van der Waals surface area contributed by atoms with Crippen LogP contribution in [0.25, 0.3) is 21.9 Å². The van der Waals surface area contributed by atoms with Crippen molar-refractivity contribution in [1.82, 2.24) is 14.5 Å². The van der Waals surface area contributed by atoms with Gasteiger partial charge >= 0.3 is 0 Å². The molecule has 0 unspecified atom stereocenters. The maximum atomic E-state index is 6.08. The predicted octanol–water partition coefficient (Wildman–Crippen LogP) is 3.07. The molecule has 0 spiro atoms. The van der Waals surface area contributed by atoms with Crippen LogP contribution in [-0.2, 0) is 11.3 Å². The molecule has 3 rings (SSSR count). The molecule has 0 radical (unpaired) electrons. The van der Waals surface area contributed by atoms with Crippen molar-refractivity contribution in [3.63, 3.8) is 0 Å². The highest BCUT2D eigenvalue weighted by Gasteiger charge is 2.14. The number of nitrogens with zero attached hydrogens (tertiary/aromatic N) is 3. The van der Waals surface area contributed by atoms with E-state index in [0.717, 1.165) is 27.8 Å². The van der Waals surface area contributed by atoms with Gasteiger partial charge in [-0.2, -0.15) is 0 Å². The molecule has 5 heteroatoms. The van der Waals surface area contributed by atoms with Gasteiger partial charge in [0, 0.05) is 18.4 Å². The Morgan fingerprint density at radius 2 is 2.12 bits per heavy atom. The summed E-state index contributed by atoms with van der Waals surface area (Å²) in [6.07, 6.45) is 2.46. The summed E-state index contributed by atoms with van der Waals surface area (Å²) in [5.41, 5.74) is 8.72. The molecule has 0 aliphatic carbocycles. The van der Waals surface area contributed by atoms with Crippen molar-refractivity contribution in [2.24, 2.45) is 0 Å². The van der Waals surface area contributed by atoms with Gasteiger partial charge in [-0.25, -0.2) is 9.97 Å². The van der Waals surface area contributed by atoms with E-state index in [2.05, 4.69) is 33.0 Å². The number of pyridine rings is 1. The van der Waals surface area contributed by atoms with E-state index in [4.69, 9.17) is 10.5 Å². The van der Waals surface area contributed by atoms with E-state index in [0.29, 0.717) is 32.0 Å². The first-order valence-electron chi connectivity index (χ1n) is 7.87. The number of ether oxygens (including phenoxy) is 1. The maximum absolute atomic E-state index is 6.08. The second kappa shape index (κ2) is 7.16. The van der Waals surface area contributed by atoms with Gasteiger partial charge in [0.05, 0.1) is 17.6 Å². The lowest BCUT2D eigenvalue weighted by atomic mass is 10.2. The Balaban J connectivity index is 1.87. The summed E-state index contributed by atoms with van der Waals surface area (Å²) < 4.78 is 7.73. The summed E-state index contributed by atoms with van der Waals surface area (Å²) in [5.74, 6) is 7.28. The summed E-state index contributed by atoms with van der Waals surface area (Å²) in [7, 11) is 0. The van der Waals surface area contributed by atoms with Crippen LogP contribution in [-0.4, -0.2) is 27.7 Å². The summed E-state index contributed by atoms with van der Waals surface area (Å²) in [6.45, 7) is 7.28. The molecule has 0 saturated heterocycles. The lowest BCUT2D eigenvalue weighted by Crippen LogP contribution is -2.08. The highest BCUT2D eigenvalue weighted by Crippen LogP contribution is 2.28. The molecular formula is C19H20N4O. The van der Waals surface area contributed by atoms with Crippen LogP contribution < -0.4 is 5.73 Å². The molecule has 0 fully saturated rings. The van der Waals surface area contributed by atoms with Gasteiger partial charge in [0.1, 0.15) is 17.9 Å². The van der Waals surface area contributed by atoms with Crippen LogP contribution in [0.5, 0.6) is 0 Å². The largest absolute Gasteiger partial charge is 0.382 e. The van der Waals surface area contributed by atoms with Crippen molar-refractivity contribution in [1.29, 1.82) is 0 Å². The standard InChI is InChI=1S/C19H20N4O/c1-3-4-5-8-12-24-13-11-23-14(2)21-17-18(23)15-9-6-7-10-16(15)22-19(17)20/h3,6-7,9-10H,1,4,11-13H2,2H3,(H2,20,22). The van der Waals surface area contributed by atoms with Gasteiger partial charge in [-0.05, 0) is 13.0 Å². The average molecular weight is 320 g/mol. The highest BCUT2D eigenvalue weighted by atomic mass is 16.5. The Kier molecular flexibility index (Phi) is 4.78. The van der Waals surface area contributed by atoms with Crippen LogP contribution in [0.4, 0.5) is 5.82 Å². The normalized spacial score (nSPS) is 10.7. The predicted molar refractivity (Wildman–Crippen MR) is 97.6 cm³/mol. The monoisotopic (exact) mass is 320 g/mol. The number of allylic oxidation sites excluding steroid dienone is 1. The smallest absolute Gasteiger partial charge is 0.152 e. The second-order valence-corrected chi connectivity index (χ2v) is 5.42. The third-order valence-corrected chi connectivity index (χ3v) is 3.81. The fourth-order valence-electron chi connectivity index (χ4n) is 2.72. The van der Waals surface area contributed by atoms with E-state index in [9.17, 15) is 0 Å². The number of fused-ring (bicyclic) bond motifs is 3. The Morgan fingerprint density at radius 1 is 1.29 bits per heavy atom. The number of nitrogen functional groups attached to an aromatic ring is 1. The van der Waals surface area contributed by atoms with Gasteiger partial charge < -0.3 is 15.0 Å². The topological polar surface area (TPSA) is 66.0 Å². The van der Waals surface area contributed by atoms with E-state index >= 15 is 0 Å². The molecule has 0 saturated carbocycles. The Morgan fingerprint density at radius 3 is 2.96 bits per heavy atom. The minimum absolute atomic E-state index is 0.421. The number of aromatic nitrogens is 3. The van der Waals surface area contributed by atoms with Gasteiger partial charge in [0.15, 0.2) is 5.82 Å². The molecule has 2 aromatic heterocycles. The van der Waals surface area contributed by atoms with Gasteiger partial charge in [0.25, 0.3) is 0 Å². The van der Waals surface area contributed by atoms with Crippen molar-refractivity contribution < 1.29 is 4.74 Å². The molecule has 24 heavy (non-hydrogen) atoms. The Hall–Kier alpha value is -2.84. The van der Waals surface area contributed by atoms with Gasteiger partial charge in [0.2, 0.25) is 0 Å². The van der Waals surface area contributed by atoms with E-state index < -0.39 is 0 Å².